The molecule has 0 aromatic heterocycles. The molecule has 0 aromatic carbocycles. The molecule has 2 heterocycles. The van der Waals surface area contributed by atoms with Crippen molar-refractivity contribution in [3.05, 3.63) is 0 Å². The fourth-order valence-electron chi connectivity index (χ4n) is 2.59. The second kappa shape index (κ2) is 4.10. The molecule has 0 saturated carbocycles. The Morgan fingerprint density at radius 1 is 1.47 bits per heavy atom. The van der Waals surface area contributed by atoms with Crippen LogP contribution >= 0.6 is 0 Å². The second-order valence-corrected chi connectivity index (χ2v) is 4.94. The third-order valence-electron chi connectivity index (χ3n) is 3.43. The van der Waals surface area contributed by atoms with Gasteiger partial charge in [-0.2, -0.15) is 0 Å². The molecule has 0 spiro atoms. The first kappa shape index (κ1) is 10.9. The van der Waals surface area contributed by atoms with Crippen LogP contribution in [-0.2, 0) is 9.53 Å². The smallest absolute Gasteiger partial charge is 0.320 e. The molecule has 0 aliphatic carbocycles. The minimum absolute atomic E-state index is 0.113. The zero-order chi connectivity index (χ0) is 11.0. The molecule has 2 N–H and O–H groups in total. The normalized spacial score (nSPS) is 36.1. The van der Waals surface area contributed by atoms with Crippen LogP contribution in [-0.4, -0.2) is 35.4 Å². The third kappa shape index (κ3) is 2.16. The Hall–Kier alpha value is -0.610. The predicted molar refractivity (Wildman–Crippen MR) is 55.7 cm³/mol. The van der Waals surface area contributed by atoms with E-state index in [0.29, 0.717) is 6.10 Å². The van der Waals surface area contributed by atoms with Crippen molar-refractivity contribution in [2.75, 3.05) is 0 Å². The Kier molecular flexibility index (Phi) is 2.98. The van der Waals surface area contributed by atoms with Crippen LogP contribution in [0, 0.1) is 5.92 Å². The molecular formula is C11H19NO3. The lowest BCUT2D eigenvalue weighted by atomic mass is 9.93. The summed E-state index contributed by atoms with van der Waals surface area (Å²) in [6, 6.07) is -0.204. The van der Waals surface area contributed by atoms with Crippen LogP contribution in [0.4, 0.5) is 0 Å². The summed E-state index contributed by atoms with van der Waals surface area (Å²) in [6.45, 7) is 3.86. The van der Waals surface area contributed by atoms with Gasteiger partial charge in [0.2, 0.25) is 0 Å². The maximum absolute atomic E-state index is 11.0. The highest BCUT2D eigenvalue weighted by Crippen LogP contribution is 2.34. The van der Waals surface area contributed by atoms with Gasteiger partial charge >= 0.3 is 5.97 Å². The topological polar surface area (TPSA) is 58.6 Å². The number of rotatable bonds is 4. The van der Waals surface area contributed by atoms with Gasteiger partial charge in [0.1, 0.15) is 6.04 Å². The molecule has 4 heteroatoms. The SMILES string of the molecule is CC(C)C(NC1CC2CCC1O2)C(=O)O. The first-order chi connectivity index (χ1) is 7.08. The van der Waals surface area contributed by atoms with Gasteiger partial charge < -0.3 is 9.84 Å². The van der Waals surface area contributed by atoms with Gasteiger partial charge in [-0.3, -0.25) is 10.1 Å². The number of aliphatic carboxylic acids is 1. The van der Waals surface area contributed by atoms with Gasteiger partial charge in [-0.05, 0) is 25.2 Å². The van der Waals surface area contributed by atoms with Gasteiger partial charge in [0.25, 0.3) is 0 Å². The molecule has 15 heavy (non-hydrogen) atoms. The molecule has 2 saturated heterocycles. The van der Waals surface area contributed by atoms with Crippen molar-refractivity contribution in [2.45, 2.75) is 57.4 Å². The fraction of sp³-hybridized carbons (Fsp3) is 0.909. The molecule has 4 unspecified atom stereocenters. The van der Waals surface area contributed by atoms with E-state index in [4.69, 9.17) is 9.84 Å². The second-order valence-electron chi connectivity index (χ2n) is 4.94. The van der Waals surface area contributed by atoms with Crippen LogP contribution in [0.15, 0.2) is 0 Å². The number of ether oxygens (including phenoxy) is 1. The standard InChI is InChI=1S/C11H19NO3/c1-6(2)10(11(13)14)12-8-5-7-3-4-9(8)15-7/h6-10,12H,3-5H2,1-2H3,(H,13,14). The van der Waals surface area contributed by atoms with E-state index < -0.39 is 12.0 Å². The average Bonchev–Trinajstić information content (AvgIpc) is 2.73. The van der Waals surface area contributed by atoms with Crippen LogP contribution in [0.25, 0.3) is 0 Å². The quantitative estimate of drug-likeness (QED) is 0.731. The Labute approximate surface area is 90.0 Å². The van der Waals surface area contributed by atoms with Crippen molar-refractivity contribution in [1.29, 1.82) is 0 Å². The van der Waals surface area contributed by atoms with Gasteiger partial charge in [0.15, 0.2) is 0 Å². The summed E-state index contributed by atoms with van der Waals surface area (Å²) >= 11 is 0. The monoisotopic (exact) mass is 213 g/mol. The van der Waals surface area contributed by atoms with Gasteiger partial charge in [-0.15, -0.1) is 0 Å². The van der Waals surface area contributed by atoms with E-state index in [1.807, 2.05) is 13.8 Å². The van der Waals surface area contributed by atoms with E-state index in [0.717, 1.165) is 19.3 Å². The molecule has 86 valence electrons. The van der Waals surface area contributed by atoms with Gasteiger partial charge in [-0.1, -0.05) is 13.8 Å². The summed E-state index contributed by atoms with van der Waals surface area (Å²) in [5.74, 6) is -0.644. The van der Waals surface area contributed by atoms with Gasteiger partial charge in [0, 0.05) is 6.04 Å². The number of fused-ring (bicyclic) bond motifs is 2. The number of hydrogen-bond acceptors (Lipinski definition) is 3. The number of hydrogen-bond donors (Lipinski definition) is 2. The summed E-state index contributed by atoms with van der Waals surface area (Å²) in [6.07, 6.45) is 3.81. The number of carbonyl (C=O) groups is 1. The molecule has 2 rings (SSSR count). The molecule has 0 radical (unpaired) electrons. The van der Waals surface area contributed by atoms with Crippen molar-refractivity contribution in [3.8, 4) is 0 Å². The summed E-state index contributed by atoms with van der Waals surface area (Å²) < 4.78 is 5.69. The van der Waals surface area contributed by atoms with Crippen LogP contribution in [0.2, 0.25) is 0 Å². The molecule has 0 amide bonds. The van der Waals surface area contributed by atoms with Gasteiger partial charge in [-0.25, -0.2) is 0 Å². The van der Waals surface area contributed by atoms with Gasteiger partial charge in [0.05, 0.1) is 12.2 Å². The summed E-state index contributed by atoms with van der Waals surface area (Å²) in [5, 5.41) is 12.3. The van der Waals surface area contributed by atoms with Crippen LogP contribution < -0.4 is 5.32 Å². The zero-order valence-electron chi connectivity index (χ0n) is 9.27. The van der Waals surface area contributed by atoms with E-state index >= 15 is 0 Å². The number of nitrogens with one attached hydrogen (secondary N) is 1. The first-order valence-electron chi connectivity index (χ1n) is 5.72. The highest BCUT2D eigenvalue weighted by molar-refractivity contribution is 5.73. The minimum Gasteiger partial charge on any atom is -0.480 e. The van der Waals surface area contributed by atoms with Crippen molar-refractivity contribution < 1.29 is 14.6 Å². The van der Waals surface area contributed by atoms with Crippen LogP contribution in [0.5, 0.6) is 0 Å². The van der Waals surface area contributed by atoms with Crippen LogP contribution in [0.1, 0.15) is 33.1 Å². The van der Waals surface area contributed by atoms with Crippen molar-refractivity contribution in [1.82, 2.24) is 5.32 Å². The first-order valence-corrected chi connectivity index (χ1v) is 5.72. The zero-order valence-corrected chi connectivity index (χ0v) is 9.27. The molecule has 0 aromatic rings. The van der Waals surface area contributed by atoms with E-state index in [-0.39, 0.29) is 18.1 Å². The lowest BCUT2D eigenvalue weighted by Crippen LogP contribution is -2.49. The maximum Gasteiger partial charge on any atom is 0.320 e. The predicted octanol–water partition coefficient (Wildman–Crippen LogP) is 1.01. The average molecular weight is 213 g/mol. The Morgan fingerprint density at radius 2 is 2.20 bits per heavy atom. The summed E-state index contributed by atoms with van der Waals surface area (Å²) in [7, 11) is 0. The molecule has 2 aliphatic rings. The lowest BCUT2D eigenvalue weighted by molar-refractivity contribution is -0.141. The van der Waals surface area contributed by atoms with E-state index in [1.54, 1.807) is 0 Å². The van der Waals surface area contributed by atoms with E-state index in [1.165, 1.54) is 0 Å². The largest absolute Gasteiger partial charge is 0.480 e. The Morgan fingerprint density at radius 3 is 2.60 bits per heavy atom. The van der Waals surface area contributed by atoms with E-state index in [9.17, 15) is 4.79 Å². The maximum atomic E-state index is 11.0. The third-order valence-corrected chi connectivity index (χ3v) is 3.43. The minimum atomic E-state index is -0.757. The van der Waals surface area contributed by atoms with Crippen molar-refractivity contribution in [2.24, 2.45) is 5.92 Å². The van der Waals surface area contributed by atoms with Crippen LogP contribution in [0.3, 0.4) is 0 Å². The summed E-state index contributed by atoms with van der Waals surface area (Å²) in [5.41, 5.74) is 0. The molecular weight excluding hydrogens is 194 g/mol. The molecule has 4 nitrogen and oxygen atoms in total. The molecule has 4 atom stereocenters. The Bertz CT molecular complexity index is 254. The van der Waals surface area contributed by atoms with Crippen molar-refractivity contribution in [3.63, 3.8) is 0 Å². The van der Waals surface area contributed by atoms with Crippen molar-refractivity contribution >= 4 is 5.97 Å². The molecule has 2 bridgehead atoms. The highest BCUT2D eigenvalue weighted by atomic mass is 16.5. The van der Waals surface area contributed by atoms with E-state index in [2.05, 4.69) is 5.32 Å². The fourth-order valence-corrected chi connectivity index (χ4v) is 2.59. The summed E-state index contributed by atoms with van der Waals surface area (Å²) in [4.78, 5) is 11.0. The lowest BCUT2D eigenvalue weighted by Gasteiger charge is -2.26. The molecule has 2 aliphatic heterocycles. The molecule has 2 fully saturated rings. The Balaban J connectivity index is 1.92. The highest BCUT2D eigenvalue weighted by Gasteiger charge is 2.42. The number of carboxylic acids is 1. The number of carboxylic acid groups (broad SMARTS) is 1.